The van der Waals surface area contributed by atoms with Crippen molar-refractivity contribution in [3.63, 3.8) is 0 Å². The maximum Gasteiger partial charge on any atom is 0.339 e. The molecular weight excluding hydrogens is 580 g/mol. The smallest absolute Gasteiger partial charge is 0.339 e. The number of aromatic hydroxyl groups is 2. The lowest BCUT2D eigenvalue weighted by Gasteiger charge is -2.40. The Hall–Kier alpha value is -5.08. The van der Waals surface area contributed by atoms with Gasteiger partial charge in [-0.15, -0.1) is 0 Å². The lowest BCUT2D eigenvalue weighted by molar-refractivity contribution is -0.278. The van der Waals surface area contributed by atoms with Crippen molar-refractivity contribution in [1.82, 2.24) is 0 Å². The van der Waals surface area contributed by atoms with Gasteiger partial charge in [0.2, 0.25) is 6.29 Å². The van der Waals surface area contributed by atoms with Gasteiger partial charge in [-0.2, -0.15) is 0 Å². The normalized spacial score (nSPS) is 22.8. The average molecular weight is 607 g/mol. The van der Waals surface area contributed by atoms with Crippen molar-refractivity contribution in [3.8, 4) is 17.2 Å². The molecule has 13 nitrogen and oxygen atoms in total. The minimum Gasteiger partial charge on any atom is -0.508 e. The van der Waals surface area contributed by atoms with Gasteiger partial charge in [-0.25, -0.2) is 9.59 Å². The quantitative estimate of drug-likeness (QED) is 0.129. The third-order valence-corrected chi connectivity index (χ3v) is 7.31. The fraction of sp³-hybridized carbons (Fsp3) is 0.226. The van der Waals surface area contributed by atoms with Crippen LogP contribution in [0.25, 0.3) is 6.08 Å². The zero-order valence-electron chi connectivity index (χ0n) is 22.9. The molecule has 0 amide bonds. The van der Waals surface area contributed by atoms with Crippen LogP contribution in [-0.4, -0.2) is 91.5 Å². The van der Waals surface area contributed by atoms with Crippen LogP contribution in [0.2, 0.25) is 0 Å². The lowest BCUT2D eigenvalue weighted by atomic mass is 9.80. The highest BCUT2D eigenvalue weighted by Crippen LogP contribution is 2.41. The van der Waals surface area contributed by atoms with Crippen LogP contribution in [0.15, 0.2) is 54.6 Å². The lowest BCUT2D eigenvalue weighted by Crippen LogP contribution is -2.60. The molecule has 0 bridgehead atoms. The third-order valence-electron chi connectivity index (χ3n) is 7.31. The van der Waals surface area contributed by atoms with Crippen molar-refractivity contribution in [2.24, 2.45) is 0 Å². The van der Waals surface area contributed by atoms with E-state index in [4.69, 9.17) is 14.2 Å². The van der Waals surface area contributed by atoms with Gasteiger partial charge in [0.1, 0.15) is 53.8 Å². The molecule has 1 aliphatic heterocycles. The molecule has 0 radical (unpaired) electrons. The summed E-state index contributed by atoms with van der Waals surface area (Å²) >= 11 is 0. The Labute approximate surface area is 248 Å². The second-order valence-corrected chi connectivity index (χ2v) is 10.2. The summed E-state index contributed by atoms with van der Waals surface area (Å²) in [5, 5.41) is 61.6. The van der Waals surface area contributed by atoms with Gasteiger partial charge in [-0.3, -0.25) is 9.59 Å². The van der Waals surface area contributed by atoms with Crippen LogP contribution in [0.1, 0.15) is 53.3 Å². The number of carbonyl (C=O) groups excluding carboxylic acids is 3. The Balaban J connectivity index is 1.41. The monoisotopic (exact) mass is 606 g/mol. The second-order valence-electron chi connectivity index (χ2n) is 10.2. The summed E-state index contributed by atoms with van der Waals surface area (Å²) in [6, 6.07) is 11.6. The number of hydrogen-bond donors (Lipinski definition) is 6. The van der Waals surface area contributed by atoms with Gasteiger partial charge >= 0.3 is 11.9 Å². The van der Waals surface area contributed by atoms with Gasteiger partial charge in [0.25, 0.3) is 0 Å². The molecule has 1 fully saturated rings. The highest BCUT2D eigenvalue weighted by molar-refractivity contribution is 6.30. The van der Waals surface area contributed by atoms with Gasteiger partial charge in [0.15, 0.2) is 11.6 Å². The van der Waals surface area contributed by atoms with Gasteiger partial charge in [0, 0.05) is 28.8 Å². The molecule has 6 N–H and O–H groups in total. The van der Waals surface area contributed by atoms with Crippen LogP contribution in [0.4, 0.5) is 0 Å². The Bertz CT molecular complexity index is 1690. The van der Waals surface area contributed by atoms with E-state index >= 15 is 0 Å². The van der Waals surface area contributed by atoms with E-state index in [1.54, 1.807) is 30.3 Å². The van der Waals surface area contributed by atoms with Crippen molar-refractivity contribution >= 4 is 29.6 Å². The molecule has 0 unspecified atom stereocenters. The molecule has 13 heteroatoms. The molecule has 1 heterocycles. The summed E-state index contributed by atoms with van der Waals surface area (Å²) in [6.07, 6.45) is -6.09. The van der Waals surface area contributed by atoms with E-state index in [9.17, 15) is 49.8 Å². The number of aliphatic hydroxyl groups is 3. The van der Waals surface area contributed by atoms with Crippen LogP contribution in [0, 0.1) is 6.92 Å². The fourth-order valence-electron chi connectivity index (χ4n) is 5.14. The van der Waals surface area contributed by atoms with Crippen LogP contribution in [0.3, 0.4) is 0 Å². The highest BCUT2D eigenvalue weighted by Gasteiger charge is 2.46. The van der Waals surface area contributed by atoms with Crippen LogP contribution >= 0.6 is 0 Å². The van der Waals surface area contributed by atoms with Crippen molar-refractivity contribution < 1.29 is 64.0 Å². The fourth-order valence-corrected chi connectivity index (χ4v) is 5.14. The van der Waals surface area contributed by atoms with Crippen LogP contribution in [0.5, 0.6) is 17.2 Å². The number of phenolic OH excluding ortho intramolecular Hbond substituents is 1. The van der Waals surface area contributed by atoms with Gasteiger partial charge < -0.3 is 44.8 Å². The van der Waals surface area contributed by atoms with E-state index in [2.05, 4.69) is 0 Å². The number of carboxylic acids is 1. The summed E-state index contributed by atoms with van der Waals surface area (Å²) < 4.78 is 16.4. The summed E-state index contributed by atoms with van der Waals surface area (Å²) in [4.78, 5) is 51.0. The van der Waals surface area contributed by atoms with Crippen LogP contribution in [-0.2, 0) is 14.3 Å². The molecule has 0 saturated carbocycles. The standard InChI is InChI=1S/C31H26O13/c1-13-22-17(11-18(33)23(13)30(40)41)25(35)16-9-15(32)10-19(24(16)27(22)37)43-31-29(39)28(38)26(36)20(44-31)12-42-21(34)8-7-14-5-3-2-4-6-14/h2-11,20,26,28-29,31-33,36,38-39H,12H2,1H3,(H,40,41)/b8-7+/t20-,26-,28+,29-,31-/m1/s1. The first kappa shape index (κ1) is 30.4. The molecule has 1 saturated heterocycles. The van der Waals surface area contributed by atoms with Gasteiger partial charge in [-0.05, 0) is 36.3 Å². The van der Waals surface area contributed by atoms with E-state index < -0.39 is 89.2 Å². The number of esters is 1. The molecule has 3 aromatic rings. The van der Waals surface area contributed by atoms with Gasteiger partial charge in [0.05, 0.1) is 5.56 Å². The Morgan fingerprint density at radius 3 is 2.27 bits per heavy atom. The predicted molar refractivity (Wildman–Crippen MR) is 149 cm³/mol. The third kappa shape index (κ3) is 5.52. The molecule has 5 rings (SSSR count). The average Bonchev–Trinajstić information content (AvgIpc) is 2.98. The predicted octanol–water partition coefficient (Wildman–Crippen LogP) is 1.32. The Morgan fingerprint density at radius 1 is 0.909 bits per heavy atom. The Morgan fingerprint density at radius 2 is 1.59 bits per heavy atom. The molecule has 228 valence electrons. The number of aliphatic hydroxyl groups excluding tert-OH is 3. The molecular formula is C31H26O13. The summed E-state index contributed by atoms with van der Waals surface area (Å²) in [5.41, 5.74) is -1.42. The molecule has 2 aliphatic rings. The minimum absolute atomic E-state index is 0.189. The van der Waals surface area contributed by atoms with Crippen molar-refractivity contribution in [2.45, 2.75) is 37.6 Å². The topological polar surface area (TPSA) is 217 Å². The number of phenols is 2. The second kappa shape index (κ2) is 11.9. The number of fused-ring (bicyclic) bond motifs is 2. The molecule has 44 heavy (non-hydrogen) atoms. The number of benzene rings is 3. The van der Waals surface area contributed by atoms with E-state index in [1.807, 2.05) is 0 Å². The van der Waals surface area contributed by atoms with E-state index in [0.717, 1.165) is 29.8 Å². The first-order valence-corrected chi connectivity index (χ1v) is 13.2. The minimum atomic E-state index is -1.91. The number of rotatable bonds is 7. The zero-order chi connectivity index (χ0) is 31.9. The van der Waals surface area contributed by atoms with Gasteiger partial charge in [-0.1, -0.05) is 30.3 Å². The highest BCUT2D eigenvalue weighted by atomic mass is 16.7. The van der Waals surface area contributed by atoms with E-state index in [0.29, 0.717) is 0 Å². The van der Waals surface area contributed by atoms with E-state index in [1.165, 1.54) is 13.0 Å². The maximum absolute atomic E-state index is 13.7. The van der Waals surface area contributed by atoms with Crippen molar-refractivity contribution in [3.05, 3.63) is 93.6 Å². The number of carboxylic acid groups (broad SMARTS) is 1. The number of carbonyl (C=O) groups is 4. The summed E-state index contributed by atoms with van der Waals surface area (Å²) in [7, 11) is 0. The number of aromatic carboxylic acids is 1. The molecule has 3 aromatic carbocycles. The van der Waals surface area contributed by atoms with Crippen molar-refractivity contribution in [1.29, 1.82) is 0 Å². The molecule has 0 spiro atoms. The zero-order valence-corrected chi connectivity index (χ0v) is 22.9. The van der Waals surface area contributed by atoms with E-state index in [-0.39, 0.29) is 22.3 Å². The number of ketones is 2. The van der Waals surface area contributed by atoms with Crippen molar-refractivity contribution in [2.75, 3.05) is 6.61 Å². The Kier molecular flexibility index (Phi) is 8.21. The summed E-state index contributed by atoms with van der Waals surface area (Å²) in [6.45, 7) is 0.665. The van der Waals surface area contributed by atoms with Crippen LogP contribution < -0.4 is 4.74 Å². The molecule has 0 aromatic heterocycles. The summed E-state index contributed by atoms with van der Waals surface area (Å²) in [5.74, 6) is -5.79. The first-order chi connectivity index (χ1) is 20.9. The first-order valence-electron chi connectivity index (χ1n) is 13.2. The largest absolute Gasteiger partial charge is 0.508 e. The maximum atomic E-state index is 13.7. The SMILES string of the molecule is Cc1c(C(=O)O)c(O)cc2c1C(=O)c1c(O[C@@H]3O[C@H](COC(=O)/C=C/c4ccccc4)[C@@H](O)[C@H](O)[C@H]3O)cc(O)cc1C2=O. The number of hydrogen-bond acceptors (Lipinski definition) is 12. The molecule has 1 aliphatic carbocycles. The number of ether oxygens (including phenoxy) is 3. The molecule has 5 atom stereocenters.